The van der Waals surface area contributed by atoms with Gasteiger partial charge in [-0.1, -0.05) is 0 Å². The molecule has 1 aliphatic heterocycles. The molecule has 0 aliphatic carbocycles. The average molecular weight is 325 g/mol. The number of nitrogens with zero attached hydrogens (tertiary/aromatic N) is 3. The molecule has 0 atom stereocenters. The number of nitro benzene ring substituents is 1. The summed E-state index contributed by atoms with van der Waals surface area (Å²) in [6, 6.07) is 11.6. The number of benzene rings is 1. The molecule has 122 valence electrons. The molecule has 2 aromatic rings. The number of allylic oxidation sites excluding steroid dienone is 1. The maximum atomic E-state index is 10.7. The van der Waals surface area contributed by atoms with Gasteiger partial charge < -0.3 is 14.1 Å². The number of anilines is 1. The Balaban J connectivity index is 1.81. The lowest BCUT2D eigenvalue weighted by atomic mass is 10.1. The van der Waals surface area contributed by atoms with Gasteiger partial charge in [0.2, 0.25) is 0 Å². The van der Waals surface area contributed by atoms with Gasteiger partial charge in [0, 0.05) is 31.3 Å². The van der Waals surface area contributed by atoms with Crippen molar-refractivity contribution < 1.29 is 14.1 Å². The quantitative estimate of drug-likeness (QED) is 0.487. The molecule has 3 rings (SSSR count). The largest absolute Gasteiger partial charge is 0.441 e. The zero-order valence-corrected chi connectivity index (χ0v) is 12.8. The first-order valence-corrected chi connectivity index (χ1v) is 7.46. The van der Waals surface area contributed by atoms with Crippen molar-refractivity contribution in [3.63, 3.8) is 0 Å². The first-order valence-electron chi connectivity index (χ1n) is 7.46. The maximum absolute atomic E-state index is 10.7. The minimum absolute atomic E-state index is 0.0105. The summed E-state index contributed by atoms with van der Waals surface area (Å²) in [4.78, 5) is 12.3. The lowest BCUT2D eigenvalue weighted by molar-refractivity contribution is -0.384. The van der Waals surface area contributed by atoms with E-state index in [-0.39, 0.29) is 5.69 Å². The SMILES string of the molecule is N#CC(=Cc1ccc(N2CCOCC2)o1)c1ccc([N+](=O)[O-])cc1. The predicted octanol–water partition coefficient (Wildman–Crippen LogP) is 3.09. The third kappa shape index (κ3) is 3.45. The zero-order valence-electron chi connectivity index (χ0n) is 12.8. The highest BCUT2D eigenvalue weighted by atomic mass is 16.6. The van der Waals surface area contributed by atoms with Gasteiger partial charge in [0.1, 0.15) is 5.76 Å². The zero-order chi connectivity index (χ0) is 16.9. The summed E-state index contributed by atoms with van der Waals surface area (Å²) in [7, 11) is 0. The number of hydrogen-bond donors (Lipinski definition) is 0. The summed E-state index contributed by atoms with van der Waals surface area (Å²) in [6.45, 7) is 2.87. The summed E-state index contributed by atoms with van der Waals surface area (Å²) < 4.78 is 11.1. The summed E-state index contributed by atoms with van der Waals surface area (Å²) in [5.41, 5.74) is 0.976. The van der Waals surface area contributed by atoms with Crippen LogP contribution < -0.4 is 4.90 Å². The molecule has 7 heteroatoms. The van der Waals surface area contributed by atoms with Crippen molar-refractivity contribution in [1.82, 2.24) is 0 Å². The molecule has 0 saturated carbocycles. The standard InChI is InChI=1S/C17H15N3O4/c18-12-14(13-1-3-15(4-2-13)20(21)22)11-16-5-6-17(24-16)19-7-9-23-10-8-19/h1-6,11H,7-10H2. The second-order valence-electron chi connectivity index (χ2n) is 5.25. The first kappa shape index (κ1) is 15.8. The van der Waals surface area contributed by atoms with E-state index in [2.05, 4.69) is 11.0 Å². The van der Waals surface area contributed by atoms with Gasteiger partial charge in [-0.2, -0.15) is 5.26 Å². The van der Waals surface area contributed by atoms with Crippen LogP contribution in [0.1, 0.15) is 11.3 Å². The van der Waals surface area contributed by atoms with Crippen LogP contribution in [0, 0.1) is 21.4 Å². The molecule has 7 nitrogen and oxygen atoms in total. The molecule has 1 aliphatic rings. The van der Waals surface area contributed by atoms with Crippen molar-refractivity contribution in [2.24, 2.45) is 0 Å². The monoisotopic (exact) mass is 325 g/mol. The van der Waals surface area contributed by atoms with Crippen molar-refractivity contribution in [2.75, 3.05) is 31.2 Å². The lowest BCUT2D eigenvalue weighted by Gasteiger charge is -2.26. The number of furan rings is 1. The van der Waals surface area contributed by atoms with Crippen LogP contribution >= 0.6 is 0 Å². The normalized spacial score (nSPS) is 15.1. The number of rotatable bonds is 4. The van der Waals surface area contributed by atoms with E-state index in [9.17, 15) is 15.4 Å². The van der Waals surface area contributed by atoms with Crippen LogP contribution in [0.3, 0.4) is 0 Å². The van der Waals surface area contributed by atoms with Crippen LogP contribution in [-0.4, -0.2) is 31.2 Å². The Morgan fingerprint density at radius 1 is 1.21 bits per heavy atom. The molecule has 0 N–H and O–H groups in total. The topological polar surface area (TPSA) is 92.5 Å². The highest BCUT2D eigenvalue weighted by molar-refractivity contribution is 5.89. The minimum atomic E-state index is -0.472. The van der Waals surface area contributed by atoms with Gasteiger partial charge >= 0.3 is 0 Å². The predicted molar refractivity (Wildman–Crippen MR) is 88.3 cm³/mol. The van der Waals surface area contributed by atoms with Gasteiger partial charge in [0.15, 0.2) is 5.88 Å². The van der Waals surface area contributed by atoms with Crippen LogP contribution in [0.4, 0.5) is 11.6 Å². The lowest BCUT2D eigenvalue weighted by Crippen LogP contribution is -2.35. The Kier molecular flexibility index (Phi) is 4.59. The molecule has 0 amide bonds. The molecule has 1 aromatic carbocycles. The molecule has 0 unspecified atom stereocenters. The van der Waals surface area contributed by atoms with Crippen molar-refractivity contribution >= 4 is 23.2 Å². The van der Waals surface area contributed by atoms with Crippen molar-refractivity contribution in [2.45, 2.75) is 0 Å². The van der Waals surface area contributed by atoms with E-state index in [1.807, 2.05) is 6.07 Å². The summed E-state index contributed by atoms with van der Waals surface area (Å²) >= 11 is 0. The van der Waals surface area contributed by atoms with Crippen molar-refractivity contribution in [3.05, 3.63) is 57.8 Å². The van der Waals surface area contributed by atoms with Crippen LogP contribution in [0.15, 0.2) is 40.8 Å². The van der Waals surface area contributed by atoms with E-state index in [0.29, 0.717) is 30.1 Å². The molecule has 0 spiro atoms. The Labute approximate surface area is 138 Å². The molecular weight excluding hydrogens is 310 g/mol. The number of hydrogen-bond acceptors (Lipinski definition) is 6. The Bertz CT molecular complexity index is 796. The highest BCUT2D eigenvalue weighted by Gasteiger charge is 2.14. The van der Waals surface area contributed by atoms with Crippen molar-refractivity contribution in [3.8, 4) is 6.07 Å². The van der Waals surface area contributed by atoms with Gasteiger partial charge in [-0.15, -0.1) is 0 Å². The van der Waals surface area contributed by atoms with Gasteiger partial charge in [0.25, 0.3) is 5.69 Å². The molecule has 1 saturated heterocycles. The molecule has 1 aromatic heterocycles. The Morgan fingerprint density at radius 3 is 2.54 bits per heavy atom. The Morgan fingerprint density at radius 2 is 1.92 bits per heavy atom. The van der Waals surface area contributed by atoms with Crippen LogP contribution in [-0.2, 0) is 4.74 Å². The Hall–Kier alpha value is -3.11. The third-order valence-corrected chi connectivity index (χ3v) is 3.73. The van der Waals surface area contributed by atoms with Gasteiger partial charge in [-0.3, -0.25) is 10.1 Å². The molecule has 0 radical (unpaired) electrons. The third-order valence-electron chi connectivity index (χ3n) is 3.73. The van der Waals surface area contributed by atoms with Crippen LogP contribution in [0.2, 0.25) is 0 Å². The number of nitriles is 1. The molecular formula is C17H15N3O4. The van der Waals surface area contributed by atoms with E-state index in [1.165, 1.54) is 12.1 Å². The van der Waals surface area contributed by atoms with Gasteiger partial charge in [-0.05, 0) is 29.8 Å². The van der Waals surface area contributed by atoms with E-state index >= 15 is 0 Å². The molecule has 1 fully saturated rings. The highest BCUT2D eigenvalue weighted by Crippen LogP contribution is 2.25. The number of non-ortho nitro benzene ring substituents is 1. The van der Waals surface area contributed by atoms with Crippen LogP contribution in [0.5, 0.6) is 0 Å². The fraction of sp³-hybridized carbons (Fsp3) is 0.235. The van der Waals surface area contributed by atoms with E-state index in [4.69, 9.17) is 9.15 Å². The molecule has 2 heterocycles. The van der Waals surface area contributed by atoms with Crippen molar-refractivity contribution in [1.29, 1.82) is 5.26 Å². The van der Waals surface area contributed by atoms with E-state index in [1.54, 1.807) is 24.3 Å². The van der Waals surface area contributed by atoms with E-state index in [0.717, 1.165) is 19.0 Å². The molecule has 0 bridgehead atoms. The fourth-order valence-corrected chi connectivity index (χ4v) is 2.46. The summed E-state index contributed by atoms with van der Waals surface area (Å²) in [5, 5.41) is 20.0. The number of nitro groups is 1. The fourth-order valence-electron chi connectivity index (χ4n) is 2.46. The maximum Gasteiger partial charge on any atom is 0.269 e. The summed E-state index contributed by atoms with van der Waals surface area (Å²) in [6.07, 6.45) is 1.63. The van der Waals surface area contributed by atoms with Gasteiger partial charge in [0.05, 0.1) is 29.8 Å². The summed E-state index contributed by atoms with van der Waals surface area (Å²) in [5.74, 6) is 1.30. The van der Waals surface area contributed by atoms with Gasteiger partial charge in [-0.25, -0.2) is 0 Å². The second-order valence-corrected chi connectivity index (χ2v) is 5.25. The smallest absolute Gasteiger partial charge is 0.269 e. The first-order chi connectivity index (χ1) is 11.7. The van der Waals surface area contributed by atoms with E-state index < -0.39 is 4.92 Å². The molecule has 24 heavy (non-hydrogen) atoms. The second kappa shape index (κ2) is 6.98. The number of ether oxygens (including phenoxy) is 1. The average Bonchev–Trinajstić information content (AvgIpc) is 3.09. The van der Waals surface area contributed by atoms with Crippen LogP contribution in [0.25, 0.3) is 11.6 Å². The number of morpholine rings is 1. The minimum Gasteiger partial charge on any atom is -0.441 e.